The van der Waals surface area contributed by atoms with Gasteiger partial charge in [0.2, 0.25) is 0 Å². The van der Waals surface area contributed by atoms with Crippen LogP contribution in [0.2, 0.25) is 0 Å². The Morgan fingerprint density at radius 2 is 2.40 bits per heavy atom. The number of carboxylic acid groups (broad SMARTS) is 1. The van der Waals surface area contributed by atoms with Crippen LogP contribution in [-0.2, 0) is 11.3 Å². The van der Waals surface area contributed by atoms with Crippen molar-refractivity contribution < 1.29 is 9.90 Å². The van der Waals surface area contributed by atoms with Crippen molar-refractivity contribution >= 4 is 28.6 Å². The van der Waals surface area contributed by atoms with Gasteiger partial charge in [-0.15, -0.1) is 0 Å². The molecule has 1 unspecified atom stereocenters. The molecule has 0 amide bonds. The van der Waals surface area contributed by atoms with Crippen molar-refractivity contribution in [3.63, 3.8) is 0 Å². The lowest BCUT2D eigenvalue weighted by atomic mass is 10.3. The highest BCUT2D eigenvalue weighted by molar-refractivity contribution is 14.1. The lowest BCUT2D eigenvalue weighted by molar-refractivity contribution is -0.138. The monoisotopic (exact) mass is 323 g/mol. The van der Waals surface area contributed by atoms with E-state index in [9.17, 15) is 9.59 Å². The van der Waals surface area contributed by atoms with Gasteiger partial charge in [0.15, 0.2) is 0 Å². The van der Waals surface area contributed by atoms with Gasteiger partial charge in [0, 0.05) is 6.20 Å². The quantitative estimate of drug-likeness (QED) is 0.736. The minimum Gasteiger partial charge on any atom is -0.480 e. The number of carboxylic acids is 1. The van der Waals surface area contributed by atoms with Crippen LogP contribution in [0.25, 0.3) is 0 Å². The lowest BCUT2D eigenvalue weighted by Gasteiger charge is -2.11. The van der Waals surface area contributed by atoms with Gasteiger partial charge in [-0.25, -0.2) is 4.98 Å². The van der Waals surface area contributed by atoms with Crippen LogP contribution < -0.4 is 11.3 Å². The van der Waals surface area contributed by atoms with Crippen molar-refractivity contribution in [1.82, 2.24) is 9.55 Å². The molecule has 0 saturated heterocycles. The van der Waals surface area contributed by atoms with Crippen molar-refractivity contribution in [2.45, 2.75) is 19.5 Å². The largest absolute Gasteiger partial charge is 0.480 e. The molecule has 82 valence electrons. The molecule has 0 fully saturated rings. The SMILES string of the molecule is Cc1ncc(I)c(=O)n1CC(N)C(=O)O. The summed E-state index contributed by atoms with van der Waals surface area (Å²) < 4.78 is 1.70. The first kappa shape index (κ1) is 12.1. The lowest BCUT2D eigenvalue weighted by Crippen LogP contribution is -2.39. The Morgan fingerprint density at radius 3 is 2.93 bits per heavy atom. The molecular weight excluding hydrogens is 313 g/mol. The Morgan fingerprint density at radius 1 is 1.80 bits per heavy atom. The van der Waals surface area contributed by atoms with Crippen LogP contribution in [0.3, 0.4) is 0 Å². The predicted octanol–water partition coefficient (Wildman–Crippen LogP) is -0.432. The number of aliphatic carboxylic acids is 1. The molecule has 0 aromatic carbocycles. The average Bonchev–Trinajstić information content (AvgIpc) is 2.18. The van der Waals surface area contributed by atoms with Crippen molar-refractivity contribution in [1.29, 1.82) is 0 Å². The topological polar surface area (TPSA) is 98.2 Å². The van der Waals surface area contributed by atoms with E-state index in [0.29, 0.717) is 9.39 Å². The van der Waals surface area contributed by atoms with E-state index in [4.69, 9.17) is 10.8 Å². The predicted molar refractivity (Wildman–Crippen MR) is 61.6 cm³/mol. The Labute approximate surface area is 99.3 Å². The van der Waals surface area contributed by atoms with Crippen molar-refractivity contribution in [2.24, 2.45) is 5.73 Å². The molecule has 1 rings (SSSR count). The second-order valence-electron chi connectivity index (χ2n) is 3.01. The summed E-state index contributed by atoms with van der Waals surface area (Å²) in [4.78, 5) is 26.1. The van der Waals surface area contributed by atoms with Gasteiger partial charge in [-0.1, -0.05) is 0 Å². The molecule has 0 aliphatic heterocycles. The molecule has 0 aliphatic carbocycles. The van der Waals surface area contributed by atoms with Gasteiger partial charge in [0.1, 0.15) is 11.9 Å². The van der Waals surface area contributed by atoms with E-state index in [-0.39, 0.29) is 12.1 Å². The number of aromatic nitrogens is 2. The van der Waals surface area contributed by atoms with Gasteiger partial charge >= 0.3 is 5.97 Å². The number of hydrogen-bond acceptors (Lipinski definition) is 4. The minimum atomic E-state index is -1.14. The molecule has 1 heterocycles. The number of aryl methyl sites for hydroxylation is 1. The van der Waals surface area contributed by atoms with Gasteiger partial charge in [0.05, 0.1) is 10.1 Å². The molecule has 6 nitrogen and oxygen atoms in total. The van der Waals surface area contributed by atoms with Crippen LogP contribution in [0.5, 0.6) is 0 Å². The van der Waals surface area contributed by atoms with E-state index in [2.05, 4.69) is 4.98 Å². The second kappa shape index (κ2) is 4.71. The number of hydrogen-bond donors (Lipinski definition) is 2. The fourth-order valence-corrected chi connectivity index (χ4v) is 1.47. The molecule has 0 aliphatic rings. The number of nitrogens with two attached hydrogens (primary N) is 1. The third-order valence-electron chi connectivity index (χ3n) is 1.90. The smallest absolute Gasteiger partial charge is 0.322 e. The zero-order valence-electron chi connectivity index (χ0n) is 7.98. The fourth-order valence-electron chi connectivity index (χ4n) is 1.04. The zero-order chi connectivity index (χ0) is 11.6. The molecule has 3 N–H and O–H groups in total. The maximum atomic E-state index is 11.6. The first-order valence-electron chi connectivity index (χ1n) is 4.14. The highest BCUT2D eigenvalue weighted by atomic mass is 127. The maximum absolute atomic E-state index is 11.6. The summed E-state index contributed by atoms with van der Waals surface area (Å²) in [5.74, 6) is -0.683. The molecule has 15 heavy (non-hydrogen) atoms. The molecular formula is C8H10IN3O3. The van der Waals surface area contributed by atoms with E-state index >= 15 is 0 Å². The fraction of sp³-hybridized carbons (Fsp3) is 0.375. The highest BCUT2D eigenvalue weighted by Gasteiger charge is 2.15. The Kier molecular flexibility index (Phi) is 3.80. The summed E-state index contributed by atoms with van der Waals surface area (Å²) in [5, 5.41) is 8.63. The minimum absolute atomic E-state index is 0.0656. The number of rotatable bonds is 3. The summed E-state index contributed by atoms with van der Waals surface area (Å²) in [7, 11) is 0. The molecule has 7 heteroatoms. The van der Waals surface area contributed by atoms with Crippen LogP contribution in [0.4, 0.5) is 0 Å². The summed E-state index contributed by atoms with van der Waals surface area (Å²) in [6.07, 6.45) is 1.45. The molecule has 1 aromatic rings. The third kappa shape index (κ3) is 2.75. The number of halogens is 1. The van der Waals surface area contributed by atoms with Crippen LogP contribution >= 0.6 is 22.6 Å². The van der Waals surface area contributed by atoms with E-state index in [1.54, 1.807) is 6.92 Å². The Hall–Kier alpha value is -0.960. The molecule has 0 spiro atoms. The van der Waals surface area contributed by atoms with Crippen molar-refractivity contribution in [3.8, 4) is 0 Å². The van der Waals surface area contributed by atoms with Crippen LogP contribution in [0, 0.1) is 10.5 Å². The standard InChI is InChI=1S/C8H10IN3O3/c1-4-11-2-5(9)7(13)12(4)3-6(10)8(14)15/h2,6H,3,10H2,1H3,(H,14,15). The first-order chi connectivity index (χ1) is 6.93. The van der Waals surface area contributed by atoms with Gasteiger partial charge < -0.3 is 10.8 Å². The Bertz CT molecular complexity index is 443. The van der Waals surface area contributed by atoms with E-state index in [1.165, 1.54) is 10.8 Å². The summed E-state index contributed by atoms with van der Waals surface area (Å²) in [5.41, 5.74) is 5.08. The number of nitrogens with zero attached hydrogens (tertiary/aromatic N) is 2. The van der Waals surface area contributed by atoms with Gasteiger partial charge in [-0.05, 0) is 29.5 Å². The molecule has 0 bridgehead atoms. The van der Waals surface area contributed by atoms with Gasteiger partial charge in [-0.3, -0.25) is 14.2 Å². The maximum Gasteiger partial charge on any atom is 0.322 e. The van der Waals surface area contributed by atoms with Gasteiger partial charge in [0.25, 0.3) is 5.56 Å². The first-order valence-corrected chi connectivity index (χ1v) is 5.21. The average molecular weight is 323 g/mol. The van der Waals surface area contributed by atoms with Crippen molar-refractivity contribution in [2.75, 3.05) is 0 Å². The Balaban J connectivity index is 3.09. The van der Waals surface area contributed by atoms with E-state index in [0.717, 1.165) is 0 Å². The highest BCUT2D eigenvalue weighted by Crippen LogP contribution is 1.98. The third-order valence-corrected chi connectivity index (χ3v) is 2.64. The number of carbonyl (C=O) groups is 1. The van der Waals surface area contributed by atoms with Crippen LogP contribution in [-0.4, -0.2) is 26.7 Å². The summed E-state index contributed by atoms with van der Waals surface area (Å²) in [6, 6.07) is -1.10. The summed E-state index contributed by atoms with van der Waals surface area (Å²) in [6.45, 7) is 1.57. The summed E-state index contributed by atoms with van der Waals surface area (Å²) >= 11 is 1.85. The normalized spacial score (nSPS) is 12.5. The van der Waals surface area contributed by atoms with Crippen LogP contribution in [0.1, 0.15) is 5.82 Å². The molecule has 0 saturated carbocycles. The van der Waals surface area contributed by atoms with Crippen LogP contribution in [0.15, 0.2) is 11.0 Å². The zero-order valence-corrected chi connectivity index (χ0v) is 10.1. The van der Waals surface area contributed by atoms with E-state index < -0.39 is 12.0 Å². The molecule has 1 atom stereocenters. The van der Waals surface area contributed by atoms with Crippen molar-refractivity contribution in [3.05, 3.63) is 25.9 Å². The van der Waals surface area contributed by atoms with Gasteiger partial charge in [-0.2, -0.15) is 0 Å². The van der Waals surface area contributed by atoms with E-state index in [1.807, 2.05) is 22.6 Å². The molecule has 0 radical (unpaired) electrons. The molecule has 1 aromatic heterocycles. The second-order valence-corrected chi connectivity index (χ2v) is 4.18.